The van der Waals surface area contributed by atoms with Gasteiger partial charge in [0.25, 0.3) is 5.91 Å². The SMILES string of the molecule is CNCCC(=O)N1CCN(C(=O)c2cc(C)oc2C)CC1.Cl. The summed E-state index contributed by atoms with van der Waals surface area (Å²) in [6, 6.07) is 1.78. The summed E-state index contributed by atoms with van der Waals surface area (Å²) in [5.41, 5.74) is 0.627. The predicted octanol–water partition coefficient (Wildman–Crippen LogP) is 1.21. The van der Waals surface area contributed by atoms with Gasteiger partial charge in [0.2, 0.25) is 5.91 Å². The van der Waals surface area contributed by atoms with Crippen LogP contribution in [-0.4, -0.2) is 61.4 Å². The molecule has 0 spiro atoms. The van der Waals surface area contributed by atoms with Crippen LogP contribution < -0.4 is 5.32 Å². The Balaban J connectivity index is 0.00000242. The number of rotatable bonds is 4. The largest absolute Gasteiger partial charge is 0.466 e. The molecule has 124 valence electrons. The van der Waals surface area contributed by atoms with E-state index in [0.717, 1.165) is 5.76 Å². The summed E-state index contributed by atoms with van der Waals surface area (Å²) in [4.78, 5) is 28.0. The van der Waals surface area contributed by atoms with Gasteiger partial charge in [0.05, 0.1) is 5.56 Å². The minimum atomic E-state index is -0.00771. The van der Waals surface area contributed by atoms with Gasteiger partial charge in [0, 0.05) is 39.1 Å². The van der Waals surface area contributed by atoms with E-state index in [9.17, 15) is 9.59 Å². The number of amides is 2. The molecule has 1 fully saturated rings. The summed E-state index contributed by atoms with van der Waals surface area (Å²) >= 11 is 0. The fourth-order valence-electron chi connectivity index (χ4n) is 2.56. The van der Waals surface area contributed by atoms with Crippen LogP contribution in [0.1, 0.15) is 28.3 Å². The molecule has 6 nitrogen and oxygen atoms in total. The second kappa shape index (κ2) is 8.19. The van der Waals surface area contributed by atoms with Crippen molar-refractivity contribution in [3.05, 3.63) is 23.2 Å². The minimum absolute atomic E-state index is 0. The molecule has 0 aliphatic carbocycles. The molecule has 1 saturated heterocycles. The number of halogens is 1. The van der Waals surface area contributed by atoms with Crippen LogP contribution in [0.15, 0.2) is 10.5 Å². The van der Waals surface area contributed by atoms with Gasteiger partial charge in [0.15, 0.2) is 0 Å². The average Bonchev–Trinajstić information content (AvgIpc) is 2.83. The lowest BCUT2D eigenvalue weighted by atomic mass is 10.2. The number of aryl methyl sites for hydroxylation is 2. The van der Waals surface area contributed by atoms with Crippen molar-refractivity contribution in [3.63, 3.8) is 0 Å². The van der Waals surface area contributed by atoms with Crippen molar-refractivity contribution in [2.75, 3.05) is 39.8 Å². The lowest BCUT2D eigenvalue weighted by Gasteiger charge is -2.34. The molecular formula is C15H24ClN3O3. The van der Waals surface area contributed by atoms with Gasteiger partial charge in [-0.05, 0) is 27.0 Å². The van der Waals surface area contributed by atoms with Crippen molar-refractivity contribution in [1.29, 1.82) is 0 Å². The van der Waals surface area contributed by atoms with Crippen LogP contribution in [0.25, 0.3) is 0 Å². The Hall–Kier alpha value is -1.53. The van der Waals surface area contributed by atoms with Crippen LogP contribution in [0.4, 0.5) is 0 Å². The number of nitrogens with zero attached hydrogens (tertiary/aromatic N) is 2. The van der Waals surface area contributed by atoms with Crippen LogP contribution >= 0.6 is 12.4 Å². The van der Waals surface area contributed by atoms with Gasteiger partial charge in [-0.1, -0.05) is 0 Å². The van der Waals surface area contributed by atoms with Gasteiger partial charge in [-0.15, -0.1) is 12.4 Å². The van der Waals surface area contributed by atoms with Crippen molar-refractivity contribution >= 4 is 24.2 Å². The van der Waals surface area contributed by atoms with E-state index in [1.807, 2.05) is 18.9 Å². The maximum atomic E-state index is 12.4. The number of furan rings is 1. The van der Waals surface area contributed by atoms with E-state index >= 15 is 0 Å². The molecule has 0 saturated carbocycles. The highest BCUT2D eigenvalue weighted by Gasteiger charge is 2.26. The molecule has 7 heteroatoms. The molecule has 2 amide bonds. The smallest absolute Gasteiger partial charge is 0.257 e. The Bertz CT molecular complexity index is 522. The molecule has 2 heterocycles. The topological polar surface area (TPSA) is 65.8 Å². The Morgan fingerprint density at radius 1 is 1.18 bits per heavy atom. The van der Waals surface area contributed by atoms with Crippen LogP contribution in [0.5, 0.6) is 0 Å². The van der Waals surface area contributed by atoms with Gasteiger partial charge in [0.1, 0.15) is 11.5 Å². The average molecular weight is 330 g/mol. The van der Waals surface area contributed by atoms with Gasteiger partial charge in [-0.2, -0.15) is 0 Å². The zero-order chi connectivity index (χ0) is 15.4. The Labute approximate surface area is 137 Å². The molecule has 1 aromatic heterocycles. The van der Waals surface area contributed by atoms with E-state index in [2.05, 4.69) is 5.32 Å². The summed E-state index contributed by atoms with van der Waals surface area (Å²) in [7, 11) is 1.83. The van der Waals surface area contributed by atoms with Gasteiger partial charge in [-0.25, -0.2) is 0 Å². The number of carbonyl (C=O) groups excluding carboxylic acids is 2. The monoisotopic (exact) mass is 329 g/mol. The molecule has 0 aromatic carbocycles. The zero-order valence-corrected chi connectivity index (χ0v) is 14.2. The highest BCUT2D eigenvalue weighted by Crippen LogP contribution is 2.17. The molecule has 1 N–H and O–H groups in total. The molecule has 2 rings (SSSR count). The predicted molar refractivity (Wildman–Crippen MR) is 86.5 cm³/mol. The molecule has 0 radical (unpaired) electrons. The maximum absolute atomic E-state index is 12.4. The molecule has 0 atom stereocenters. The second-order valence-corrected chi connectivity index (χ2v) is 5.35. The van der Waals surface area contributed by atoms with Gasteiger partial charge >= 0.3 is 0 Å². The highest BCUT2D eigenvalue weighted by atomic mass is 35.5. The lowest BCUT2D eigenvalue weighted by molar-refractivity contribution is -0.132. The quantitative estimate of drug-likeness (QED) is 0.902. The molecule has 1 aliphatic heterocycles. The van der Waals surface area contributed by atoms with Crippen molar-refractivity contribution in [2.45, 2.75) is 20.3 Å². The molecule has 0 unspecified atom stereocenters. The van der Waals surface area contributed by atoms with Crippen molar-refractivity contribution in [3.8, 4) is 0 Å². The lowest BCUT2D eigenvalue weighted by Crippen LogP contribution is -2.50. The molecule has 1 aromatic rings. The molecular weight excluding hydrogens is 306 g/mol. The van der Waals surface area contributed by atoms with Crippen molar-refractivity contribution < 1.29 is 14.0 Å². The van der Waals surface area contributed by atoms with Crippen LogP contribution in [0, 0.1) is 13.8 Å². The van der Waals surface area contributed by atoms with Crippen molar-refractivity contribution in [2.24, 2.45) is 0 Å². The number of piperazine rings is 1. The van der Waals surface area contributed by atoms with Gasteiger partial charge in [-0.3, -0.25) is 9.59 Å². The first-order chi connectivity index (χ1) is 10.0. The number of carbonyl (C=O) groups is 2. The maximum Gasteiger partial charge on any atom is 0.257 e. The van der Waals surface area contributed by atoms with Crippen molar-refractivity contribution in [1.82, 2.24) is 15.1 Å². The van der Waals surface area contributed by atoms with E-state index in [-0.39, 0.29) is 24.2 Å². The zero-order valence-electron chi connectivity index (χ0n) is 13.3. The molecule has 0 bridgehead atoms. The standard InChI is InChI=1S/C15H23N3O3.ClH/c1-11-10-13(12(2)21-11)15(20)18-8-6-17(7-9-18)14(19)4-5-16-3;/h10,16H,4-9H2,1-3H3;1H. The third-order valence-corrected chi connectivity index (χ3v) is 3.78. The summed E-state index contributed by atoms with van der Waals surface area (Å²) in [6.45, 7) is 6.68. The molecule has 22 heavy (non-hydrogen) atoms. The minimum Gasteiger partial charge on any atom is -0.466 e. The Morgan fingerprint density at radius 2 is 1.77 bits per heavy atom. The fourth-order valence-corrected chi connectivity index (χ4v) is 2.56. The van der Waals surface area contributed by atoms with E-state index in [4.69, 9.17) is 4.42 Å². The summed E-state index contributed by atoms with van der Waals surface area (Å²) < 4.78 is 5.41. The first kappa shape index (κ1) is 18.5. The van der Waals surface area contributed by atoms with E-state index in [1.54, 1.807) is 17.9 Å². The van der Waals surface area contributed by atoms with Crippen LogP contribution in [0.3, 0.4) is 0 Å². The highest BCUT2D eigenvalue weighted by molar-refractivity contribution is 5.95. The summed E-state index contributed by atoms with van der Waals surface area (Å²) in [5, 5.41) is 2.97. The van der Waals surface area contributed by atoms with Crippen LogP contribution in [-0.2, 0) is 4.79 Å². The Kier molecular flexibility index (Phi) is 6.90. The summed E-state index contributed by atoms with van der Waals surface area (Å²) in [6.07, 6.45) is 0.504. The third kappa shape index (κ3) is 4.24. The first-order valence-electron chi connectivity index (χ1n) is 7.31. The third-order valence-electron chi connectivity index (χ3n) is 3.78. The second-order valence-electron chi connectivity index (χ2n) is 5.35. The fraction of sp³-hybridized carbons (Fsp3) is 0.600. The Morgan fingerprint density at radius 3 is 2.27 bits per heavy atom. The number of hydrogen-bond donors (Lipinski definition) is 1. The van der Waals surface area contributed by atoms with E-state index in [0.29, 0.717) is 50.5 Å². The van der Waals surface area contributed by atoms with E-state index < -0.39 is 0 Å². The van der Waals surface area contributed by atoms with Crippen LogP contribution in [0.2, 0.25) is 0 Å². The molecule has 1 aliphatic rings. The van der Waals surface area contributed by atoms with Gasteiger partial charge < -0.3 is 19.5 Å². The first-order valence-corrected chi connectivity index (χ1v) is 7.31. The number of nitrogens with one attached hydrogen (secondary N) is 1. The normalized spacial score (nSPS) is 14.7. The van der Waals surface area contributed by atoms with E-state index in [1.165, 1.54) is 0 Å². The number of hydrogen-bond acceptors (Lipinski definition) is 4. The summed E-state index contributed by atoms with van der Waals surface area (Å²) in [5.74, 6) is 1.54.